The molecule has 1 N–H and O–H groups in total. The molecule has 2 nitrogen and oxygen atoms in total. The molecule has 0 atom stereocenters. The van der Waals surface area contributed by atoms with Gasteiger partial charge in [0.25, 0.3) is 0 Å². The number of rotatable bonds is 5. The van der Waals surface area contributed by atoms with E-state index in [1.54, 1.807) is 12.2 Å². The summed E-state index contributed by atoms with van der Waals surface area (Å²) in [6.07, 6.45) is 4.47. The molecule has 86 valence electrons. The first-order valence-corrected chi connectivity index (χ1v) is 4.92. The van der Waals surface area contributed by atoms with Crippen LogP contribution in [0.1, 0.15) is 24.8 Å². The van der Waals surface area contributed by atoms with Crippen LogP contribution in [0.3, 0.4) is 0 Å². The molecule has 0 saturated heterocycles. The molecule has 0 unspecified atom stereocenters. The number of halogens is 2. The van der Waals surface area contributed by atoms with E-state index in [-0.39, 0.29) is 6.42 Å². The third-order valence-corrected chi connectivity index (χ3v) is 1.96. The van der Waals surface area contributed by atoms with Crippen LogP contribution in [0, 0.1) is 11.6 Å². The van der Waals surface area contributed by atoms with Crippen LogP contribution in [0.15, 0.2) is 24.3 Å². The summed E-state index contributed by atoms with van der Waals surface area (Å²) in [5, 5.41) is 8.38. The van der Waals surface area contributed by atoms with Crippen molar-refractivity contribution < 1.29 is 18.7 Å². The van der Waals surface area contributed by atoms with Gasteiger partial charge < -0.3 is 5.11 Å². The number of hydrogen-bond donors (Lipinski definition) is 1. The fourth-order valence-electron chi connectivity index (χ4n) is 1.26. The van der Waals surface area contributed by atoms with Gasteiger partial charge in [-0.15, -0.1) is 0 Å². The summed E-state index contributed by atoms with van der Waals surface area (Å²) < 4.78 is 25.5. The standard InChI is InChI=1S/C12H12F2O2/c13-10-6-9(7-11(14)8-10)4-2-1-3-5-12(15)16/h2,4,6-8H,1,3,5H2,(H,15,16)/b4-2+. The SMILES string of the molecule is O=C(O)CCC/C=C/c1cc(F)cc(F)c1. The smallest absolute Gasteiger partial charge is 0.303 e. The van der Waals surface area contributed by atoms with Crippen molar-refractivity contribution in [2.45, 2.75) is 19.3 Å². The van der Waals surface area contributed by atoms with Gasteiger partial charge in [-0.2, -0.15) is 0 Å². The highest BCUT2D eigenvalue weighted by Crippen LogP contribution is 2.10. The number of carbonyl (C=O) groups is 1. The Balaban J connectivity index is 2.46. The molecule has 0 aromatic heterocycles. The lowest BCUT2D eigenvalue weighted by Gasteiger charge is -1.95. The first-order chi connectivity index (χ1) is 7.58. The quantitative estimate of drug-likeness (QED) is 0.782. The molecule has 0 amide bonds. The Morgan fingerprint density at radius 2 is 1.88 bits per heavy atom. The lowest BCUT2D eigenvalue weighted by molar-refractivity contribution is -0.137. The third kappa shape index (κ3) is 4.68. The summed E-state index contributed by atoms with van der Waals surface area (Å²) >= 11 is 0. The van der Waals surface area contributed by atoms with Gasteiger partial charge >= 0.3 is 5.97 Å². The molecule has 0 fully saturated rings. The normalized spacial score (nSPS) is 10.9. The Morgan fingerprint density at radius 1 is 1.25 bits per heavy atom. The van der Waals surface area contributed by atoms with Crippen molar-refractivity contribution in [1.29, 1.82) is 0 Å². The van der Waals surface area contributed by atoms with Gasteiger partial charge in [0.1, 0.15) is 11.6 Å². The summed E-state index contributed by atoms with van der Waals surface area (Å²) in [5.74, 6) is -2.08. The Morgan fingerprint density at radius 3 is 2.44 bits per heavy atom. The zero-order valence-electron chi connectivity index (χ0n) is 8.62. The predicted molar refractivity (Wildman–Crippen MR) is 56.9 cm³/mol. The molecule has 0 spiro atoms. The van der Waals surface area contributed by atoms with E-state index in [2.05, 4.69) is 0 Å². The number of carboxylic acid groups (broad SMARTS) is 1. The van der Waals surface area contributed by atoms with Crippen molar-refractivity contribution in [1.82, 2.24) is 0 Å². The van der Waals surface area contributed by atoms with E-state index in [4.69, 9.17) is 5.11 Å². The average Bonchev–Trinajstić information content (AvgIpc) is 2.15. The van der Waals surface area contributed by atoms with Gasteiger partial charge in [0.2, 0.25) is 0 Å². The fraction of sp³-hybridized carbons (Fsp3) is 0.250. The van der Waals surface area contributed by atoms with E-state index in [9.17, 15) is 13.6 Å². The molecular formula is C12H12F2O2. The molecule has 0 aliphatic heterocycles. The van der Waals surface area contributed by atoms with Crippen molar-refractivity contribution >= 4 is 12.0 Å². The highest BCUT2D eigenvalue weighted by molar-refractivity contribution is 5.66. The highest BCUT2D eigenvalue weighted by Gasteiger charge is 1.97. The van der Waals surface area contributed by atoms with E-state index >= 15 is 0 Å². The summed E-state index contributed by atoms with van der Waals surface area (Å²) in [6.45, 7) is 0. The second-order valence-corrected chi connectivity index (χ2v) is 3.39. The maximum atomic E-state index is 12.8. The second-order valence-electron chi connectivity index (χ2n) is 3.39. The second kappa shape index (κ2) is 6.00. The van der Waals surface area contributed by atoms with Crippen LogP contribution in [0.2, 0.25) is 0 Å². The van der Waals surface area contributed by atoms with Gasteiger partial charge in [-0.25, -0.2) is 8.78 Å². The first-order valence-electron chi connectivity index (χ1n) is 4.92. The number of aliphatic carboxylic acids is 1. The van der Waals surface area contributed by atoms with Crippen LogP contribution in [0.4, 0.5) is 8.78 Å². The molecule has 1 aromatic carbocycles. The van der Waals surface area contributed by atoms with Crippen LogP contribution >= 0.6 is 0 Å². The van der Waals surface area contributed by atoms with Gasteiger partial charge in [0.15, 0.2) is 0 Å². The Kier molecular flexibility index (Phi) is 4.64. The monoisotopic (exact) mass is 226 g/mol. The molecule has 1 rings (SSSR count). The van der Waals surface area contributed by atoms with Gasteiger partial charge in [0, 0.05) is 12.5 Å². The largest absolute Gasteiger partial charge is 0.481 e. The van der Waals surface area contributed by atoms with Crippen molar-refractivity contribution in [3.05, 3.63) is 41.5 Å². The molecule has 0 aliphatic carbocycles. The van der Waals surface area contributed by atoms with Crippen molar-refractivity contribution in [3.8, 4) is 0 Å². The number of hydrogen-bond acceptors (Lipinski definition) is 1. The molecule has 0 heterocycles. The van der Waals surface area contributed by atoms with Crippen LogP contribution in [0.25, 0.3) is 6.08 Å². The number of allylic oxidation sites excluding steroid dienone is 1. The maximum absolute atomic E-state index is 12.8. The van der Waals surface area contributed by atoms with E-state index in [1.165, 1.54) is 12.1 Å². The lowest BCUT2D eigenvalue weighted by Crippen LogP contribution is -1.92. The zero-order chi connectivity index (χ0) is 12.0. The summed E-state index contributed by atoms with van der Waals surface area (Å²) in [6, 6.07) is 3.25. The van der Waals surface area contributed by atoms with E-state index in [1.807, 2.05) is 0 Å². The molecule has 4 heteroatoms. The van der Waals surface area contributed by atoms with Gasteiger partial charge in [-0.1, -0.05) is 12.2 Å². The van der Waals surface area contributed by atoms with Gasteiger partial charge in [-0.3, -0.25) is 4.79 Å². The molecule has 0 bridgehead atoms. The molecular weight excluding hydrogens is 214 g/mol. The third-order valence-electron chi connectivity index (χ3n) is 1.96. The molecule has 0 aliphatic rings. The number of benzene rings is 1. The molecule has 1 aromatic rings. The summed E-state index contributed by atoms with van der Waals surface area (Å²) in [5.41, 5.74) is 0.438. The minimum Gasteiger partial charge on any atom is -0.481 e. The lowest BCUT2D eigenvalue weighted by atomic mass is 10.1. The van der Waals surface area contributed by atoms with Crippen LogP contribution < -0.4 is 0 Å². The molecule has 16 heavy (non-hydrogen) atoms. The Labute approximate surface area is 92.2 Å². The highest BCUT2D eigenvalue weighted by atomic mass is 19.1. The number of carboxylic acids is 1. The average molecular weight is 226 g/mol. The van der Waals surface area contributed by atoms with E-state index in [0.717, 1.165) is 6.07 Å². The van der Waals surface area contributed by atoms with E-state index in [0.29, 0.717) is 18.4 Å². The van der Waals surface area contributed by atoms with E-state index < -0.39 is 17.6 Å². The Bertz CT molecular complexity index is 380. The van der Waals surface area contributed by atoms with Crippen LogP contribution in [-0.4, -0.2) is 11.1 Å². The van der Waals surface area contributed by atoms with Gasteiger partial charge in [-0.05, 0) is 30.5 Å². The number of unbranched alkanes of at least 4 members (excludes halogenated alkanes) is 1. The van der Waals surface area contributed by atoms with Crippen LogP contribution in [-0.2, 0) is 4.79 Å². The minimum atomic E-state index is -0.842. The fourth-order valence-corrected chi connectivity index (χ4v) is 1.26. The van der Waals surface area contributed by atoms with Gasteiger partial charge in [0.05, 0.1) is 0 Å². The zero-order valence-corrected chi connectivity index (χ0v) is 8.62. The minimum absolute atomic E-state index is 0.0991. The molecule has 0 radical (unpaired) electrons. The summed E-state index contributed by atoms with van der Waals surface area (Å²) in [4.78, 5) is 10.2. The Hall–Kier alpha value is -1.71. The topological polar surface area (TPSA) is 37.3 Å². The summed E-state index contributed by atoms with van der Waals surface area (Å²) in [7, 11) is 0. The predicted octanol–water partition coefficient (Wildman–Crippen LogP) is 3.23. The first kappa shape index (κ1) is 12.4. The van der Waals surface area contributed by atoms with Crippen molar-refractivity contribution in [2.75, 3.05) is 0 Å². The van der Waals surface area contributed by atoms with Crippen molar-refractivity contribution in [2.24, 2.45) is 0 Å². The van der Waals surface area contributed by atoms with Crippen molar-refractivity contribution in [3.63, 3.8) is 0 Å². The van der Waals surface area contributed by atoms with Crippen LogP contribution in [0.5, 0.6) is 0 Å². The maximum Gasteiger partial charge on any atom is 0.303 e. The molecule has 0 saturated carbocycles.